The molecule has 3 atom stereocenters. The molecule has 0 spiro atoms. The molecule has 0 bridgehead atoms. The summed E-state index contributed by atoms with van der Waals surface area (Å²) >= 11 is 6.03. The second-order valence-corrected chi connectivity index (χ2v) is 6.48. The molecular weight excluding hydrogens is 282 g/mol. The second-order valence-electron chi connectivity index (χ2n) is 6.04. The second kappa shape index (κ2) is 7.59. The summed E-state index contributed by atoms with van der Waals surface area (Å²) in [6.07, 6.45) is 0.982. The fraction of sp³-hybridized carbons (Fsp3) is 0.647. The van der Waals surface area contributed by atoms with Crippen LogP contribution in [0.5, 0.6) is 0 Å². The van der Waals surface area contributed by atoms with Crippen molar-refractivity contribution >= 4 is 11.6 Å². The van der Waals surface area contributed by atoms with Crippen LogP contribution in [0.1, 0.15) is 38.8 Å². The summed E-state index contributed by atoms with van der Waals surface area (Å²) in [7, 11) is 0. The van der Waals surface area contributed by atoms with E-state index in [2.05, 4.69) is 42.7 Å². The molecule has 0 amide bonds. The van der Waals surface area contributed by atoms with Gasteiger partial charge in [0.05, 0.1) is 0 Å². The van der Waals surface area contributed by atoms with Crippen LogP contribution in [-0.4, -0.2) is 48.1 Å². The molecule has 2 N–H and O–H groups in total. The fourth-order valence-corrected chi connectivity index (χ4v) is 3.48. The average Bonchev–Trinajstić information content (AvgIpc) is 2.49. The predicted octanol–water partition coefficient (Wildman–Crippen LogP) is 3.14. The zero-order valence-corrected chi connectivity index (χ0v) is 14.2. The van der Waals surface area contributed by atoms with Gasteiger partial charge in [-0.3, -0.25) is 9.80 Å². The van der Waals surface area contributed by atoms with Gasteiger partial charge >= 0.3 is 0 Å². The van der Waals surface area contributed by atoms with Crippen LogP contribution in [0.15, 0.2) is 24.3 Å². The van der Waals surface area contributed by atoms with E-state index in [0.717, 1.165) is 37.6 Å². The van der Waals surface area contributed by atoms with Gasteiger partial charge in [-0.05, 0) is 37.6 Å². The number of likely N-dealkylation sites (N-methyl/N-ethyl adjacent to an activating group) is 1. The van der Waals surface area contributed by atoms with E-state index in [0.29, 0.717) is 6.04 Å². The Labute approximate surface area is 134 Å². The lowest BCUT2D eigenvalue weighted by Gasteiger charge is -2.44. The van der Waals surface area contributed by atoms with Gasteiger partial charge in [0.25, 0.3) is 0 Å². The van der Waals surface area contributed by atoms with E-state index >= 15 is 0 Å². The first-order valence-electron chi connectivity index (χ1n) is 8.06. The highest BCUT2D eigenvalue weighted by Crippen LogP contribution is 2.28. The summed E-state index contributed by atoms with van der Waals surface area (Å²) in [5.74, 6) is 0. The fourth-order valence-electron chi connectivity index (χ4n) is 3.36. The molecule has 1 aromatic carbocycles. The van der Waals surface area contributed by atoms with E-state index in [1.54, 1.807) is 0 Å². The van der Waals surface area contributed by atoms with Gasteiger partial charge in [-0.2, -0.15) is 0 Å². The molecule has 0 aliphatic carbocycles. The van der Waals surface area contributed by atoms with Crippen LogP contribution in [0.2, 0.25) is 5.02 Å². The quantitative estimate of drug-likeness (QED) is 0.907. The first-order chi connectivity index (χ1) is 10.1. The number of nitrogens with two attached hydrogens (primary N) is 1. The first kappa shape index (κ1) is 16.8. The van der Waals surface area contributed by atoms with Crippen molar-refractivity contribution in [3.63, 3.8) is 0 Å². The van der Waals surface area contributed by atoms with Gasteiger partial charge < -0.3 is 5.73 Å². The third-order valence-electron chi connectivity index (χ3n) is 4.68. The molecule has 21 heavy (non-hydrogen) atoms. The van der Waals surface area contributed by atoms with Crippen molar-refractivity contribution in [1.82, 2.24) is 9.80 Å². The Morgan fingerprint density at radius 3 is 2.43 bits per heavy atom. The average molecular weight is 310 g/mol. The standard InChI is InChI=1S/C17H28ClN3/c1-4-16(19)17(14-6-8-15(18)9-7-14)21-11-10-20(5-2)13(3)12-21/h6-9,13,16-17H,4-5,10-12,19H2,1-3H3. The largest absolute Gasteiger partial charge is 0.326 e. The highest BCUT2D eigenvalue weighted by atomic mass is 35.5. The number of halogens is 1. The van der Waals surface area contributed by atoms with E-state index in [1.165, 1.54) is 5.56 Å². The number of rotatable bonds is 5. The Balaban J connectivity index is 2.19. The van der Waals surface area contributed by atoms with Crippen LogP contribution in [0.4, 0.5) is 0 Å². The summed E-state index contributed by atoms with van der Waals surface area (Å²) < 4.78 is 0. The van der Waals surface area contributed by atoms with Gasteiger partial charge in [-0.15, -0.1) is 0 Å². The lowest BCUT2D eigenvalue weighted by atomic mass is 9.95. The minimum atomic E-state index is 0.159. The minimum absolute atomic E-state index is 0.159. The van der Waals surface area contributed by atoms with Crippen LogP contribution in [0, 0.1) is 0 Å². The van der Waals surface area contributed by atoms with Gasteiger partial charge in [0, 0.05) is 42.8 Å². The molecule has 1 aromatic rings. The molecule has 3 nitrogen and oxygen atoms in total. The van der Waals surface area contributed by atoms with Gasteiger partial charge in [0.1, 0.15) is 0 Å². The molecule has 1 heterocycles. The lowest BCUT2D eigenvalue weighted by Crippen LogP contribution is -2.55. The predicted molar refractivity (Wildman–Crippen MR) is 90.7 cm³/mol. The van der Waals surface area contributed by atoms with Crippen molar-refractivity contribution in [1.29, 1.82) is 0 Å². The van der Waals surface area contributed by atoms with Gasteiger partial charge in [0.15, 0.2) is 0 Å². The Hall–Kier alpha value is -0.610. The monoisotopic (exact) mass is 309 g/mol. The molecule has 0 saturated carbocycles. The SMILES string of the molecule is CCC(N)C(c1ccc(Cl)cc1)N1CCN(CC)C(C)C1. The normalized spacial score (nSPS) is 24.0. The van der Waals surface area contributed by atoms with E-state index in [-0.39, 0.29) is 12.1 Å². The van der Waals surface area contributed by atoms with E-state index in [4.69, 9.17) is 17.3 Å². The Morgan fingerprint density at radius 2 is 1.90 bits per heavy atom. The topological polar surface area (TPSA) is 32.5 Å². The van der Waals surface area contributed by atoms with Crippen molar-refractivity contribution in [3.05, 3.63) is 34.9 Å². The van der Waals surface area contributed by atoms with E-state index in [9.17, 15) is 0 Å². The summed E-state index contributed by atoms with van der Waals surface area (Å²) in [5, 5.41) is 0.784. The Kier molecular flexibility index (Phi) is 6.06. The number of hydrogen-bond acceptors (Lipinski definition) is 3. The molecule has 2 rings (SSSR count). The summed E-state index contributed by atoms with van der Waals surface area (Å²) in [4.78, 5) is 5.08. The number of benzene rings is 1. The molecule has 118 valence electrons. The number of piperazine rings is 1. The molecule has 1 aliphatic heterocycles. The van der Waals surface area contributed by atoms with Crippen molar-refractivity contribution in [2.24, 2.45) is 5.73 Å². The third-order valence-corrected chi connectivity index (χ3v) is 4.94. The van der Waals surface area contributed by atoms with E-state index in [1.807, 2.05) is 12.1 Å². The van der Waals surface area contributed by atoms with Crippen LogP contribution >= 0.6 is 11.6 Å². The summed E-state index contributed by atoms with van der Waals surface area (Å²) in [6, 6.07) is 9.22. The molecule has 4 heteroatoms. The first-order valence-corrected chi connectivity index (χ1v) is 8.43. The zero-order chi connectivity index (χ0) is 15.4. The molecule has 0 aromatic heterocycles. The van der Waals surface area contributed by atoms with E-state index < -0.39 is 0 Å². The van der Waals surface area contributed by atoms with Crippen LogP contribution in [-0.2, 0) is 0 Å². The van der Waals surface area contributed by atoms with Gasteiger partial charge in [-0.25, -0.2) is 0 Å². The maximum Gasteiger partial charge on any atom is 0.0500 e. The summed E-state index contributed by atoms with van der Waals surface area (Å²) in [5.41, 5.74) is 7.73. The van der Waals surface area contributed by atoms with Crippen molar-refractivity contribution in [2.45, 2.75) is 45.3 Å². The molecule has 3 unspecified atom stereocenters. The summed E-state index contributed by atoms with van der Waals surface area (Å²) in [6.45, 7) is 11.1. The van der Waals surface area contributed by atoms with Gasteiger partial charge in [-0.1, -0.05) is 37.6 Å². The minimum Gasteiger partial charge on any atom is -0.326 e. The van der Waals surface area contributed by atoms with Crippen molar-refractivity contribution in [2.75, 3.05) is 26.2 Å². The van der Waals surface area contributed by atoms with Gasteiger partial charge in [0.2, 0.25) is 0 Å². The molecule has 0 radical (unpaired) electrons. The zero-order valence-electron chi connectivity index (χ0n) is 13.4. The number of hydrogen-bond donors (Lipinski definition) is 1. The van der Waals surface area contributed by atoms with Crippen LogP contribution in [0.25, 0.3) is 0 Å². The molecule has 1 fully saturated rings. The van der Waals surface area contributed by atoms with Crippen LogP contribution < -0.4 is 5.73 Å². The maximum absolute atomic E-state index is 6.44. The Morgan fingerprint density at radius 1 is 1.24 bits per heavy atom. The van der Waals surface area contributed by atoms with Crippen molar-refractivity contribution in [3.8, 4) is 0 Å². The molecule has 1 aliphatic rings. The lowest BCUT2D eigenvalue weighted by molar-refractivity contribution is 0.0493. The third kappa shape index (κ3) is 3.98. The molecular formula is C17H28ClN3. The smallest absolute Gasteiger partial charge is 0.0500 e. The number of nitrogens with zero attached hydrogens (tertiary/aromatic N) is 2. The van der Waals surface area contributed by atoms with Crippen LogP contribution in [0.3, 0.4) is 0 Å². The Bertz CT molecular complexity index is 434. The van der Waals surface area contributed by atoms with Crippen molar-refractivity contribution < 1.29 is 0 Å². The highest BCUT2D eigenvalue weighted by Gasteiger charge is 2.31. The maximum atomic E-state index is 6.44. The molecule has 1 saturated heterocycles. The highest BCUT2D eigenvalue weighted by molar-refractivity contribution is 6.30.